The second kappa shape index (κ2) is 12.6. The van der Waals surface area contributed by atoms with E-state index in [2.05, 4.69) is 9.97 Å². The highest BCUT2D eigenvalue weighted by molar-refractivity contribution is 5.92. The number of alkyl halides is 3. The van der Waals surface area contributed by atoms with Gasteiger partial charge >= 0.3 is 12.1 Å². The zero-order chi connectivity index (χ0) is 32.5. The van der Waals surface area contributed by atoms with Crippen LogP contribution in [0, 0.1) is 23.3 Å². The second-order valence-electron chi connectivity index (χ2n) is 9.83. The van der Waals surface area contributed by atoms with Crippen LogP contribution in [0.1, 0.15) is 32.9 Å². The van der Waals surface area contributed by atoms with Crippen molar-refractivity contribution in [1.82, 2.24) is 14.5 Å². The Morgan fingerprint density at radius 2 is 1.69 bits per heavy atom. The number of halogens is 7. The van der Waals surface area contributed by atoms with Gasteiger partial charge in [-0.15, -0.1) is 0 Å². The number of ether oxygens (including phenoxy) is 2. The first kappa shape index (κ1) is 31.4. The molecule has 0 spiro atoms. The molecule has 7 nitrogen and oxygen atoms in total. The summed E-state index contributed by atoms with van der Waals surface area (Å²) in [6.07, 6.45) is -5.23. The van der Waals surface area contributed by atoms with Crippen LogP contribution in [0.15, 0.2) is 60.7 Å². The van der Waals surface area contributed by atoms with Gasteiger partial charge in [0.25, 0.3) is 0 Å². The van der Waals surface area contributed by atoms with E-state index < -0.39 is 53.1 Å². The molecule has 0 bridgehead atoms. The average Bonchev–Trinajstić information content (AvgIpc) is 3.33. The van der Waals surface area contributed by atoms with Gasteiger partial charge < -0.3 is 19.1 Å². The van der Waals surface area contributed by atoms with Crippen LogP contribution >= 0.6 is 0 Å². The van der Waals surface area contributed by atoms with E-state index >= 15 is 8.78 Å². The molecule has 0 unspecified atom stereocenters. The molecule has 5 aromatic rings. The number of rotatable bonds is 10. The number of fused-ring (bicyclic) bond motifs is 1. The van der Waals surface area contributed by atoms with Gasteiger partial charge in [0.05, 0.1) is 34.5 Å². The topological polar surface area (TPSA) is 86.5 Å². The van der Waals surface area contributed by atoms with Crippen molar-refractivity contribution in [3.8, 4) is 17.1 Å². The predicted molar refractivity (Wildman–Crippen MR) is 147 cm³/mol. The summed E-state index contributed by atoms with van der Waals surface area (Å²) in [5.41, 5.74) is -1.65. The fraction of sp³-hybridized carbons (Fsp3) is 0.194. The third kappa shape index (κ3) is 6.60. The first-order valence-electron chi connectivity index (χ1n) is 13.2. The van der Waals surface area contributed by atoms with Crippen LogP contribution in [0.2, 0.25) is 0 Å². The fourth-order valence-corrected chi connectivity index (χ4v) is 4.68. The summed E-state index contributed by atoms with van der Waals surface area (Å²) >= 11 is 0. The quantitative estimate of drug-likeness (QED) is 0.164. The largest absolute Gasteiger partial charge is 0.478 e. The van der Waals surface area contributed by atoms with E-state index in [0.717, 1.165) is 18.2 Å². The van der Waals surface area contributed by atoms with Crippen molar-refractivity contribution in [2.45, 2.75) is 25.7 Å². The molecular formula is C31H22F7N3O4. The third-order valence-electron chi connectivity index (χ3n) is 6.92. The molecular weight excluding hydrogens is 611 g/mol. The Balaban J connectivity index is 1.39. The van der Waals surface area contributed by atoms with Gasteiger partial charge in [-0.05, 0) is 48.0 Å². The van der Waals surface area contributed by atoms with Crippen molar-refractivity contribution in [3.05, 3.63) is 112 Å². The number of aromatic nitrogens is 3. The van der Waals surface area contributed by atoms with E-state index in [1.165, 1.54) is 43.5 Å². The molecule has 0 saturated carbocycles. The fourth-order valence-electron chi connectivity index (χ4n) is 4.68. The predicted octanol–water partition coefficient (Wildman–Crippen LogP) is 7.19. The minimum atomic E-state index is -5.08. The standard InChI is InChI=1S/C31H22F7N3O4/c1-44-10-9-41-25-12-16(30(42)43)6-8-24(25)39-26(41)13-18-11-22(33)19(14-21(18)32)23-3-2-4-27(40-23)45-15-17-5-7-20(31(36,37)38)29(35)28(17)34/h2-8,11-12,14H,9-10,13,15H2,1H3,(H,42,43). The Kier molecular flexibility index (Phi) is 8.77. The molecule has 0 aliphatic carbocycles. The van der Waals surface area contributed by atoms with Gasteiger partial charge in [-0.1, -0.05) is 12.1 Å². The number of methoxy groups -OCH3 is 1. The Morgan fingerprint density at radius 3 is 2.40 bits per heavy atom. The molecule has 2 heterocycles. The molecule has 3 aromatic carbocycles. The lowest BCUT2D eigenvalue weighted by molar-refractivity contribution is -0.140. The molecule has 0 radical (unpaired) electrons. The Morgan fingerprint density at radius 1 is 0.911 bits per heavy atom. The molecule has 5 rings (SSSR count). The van der Waals surface area contributed by atoms with Gasteiger partial charge in [-0.3, -0.25) is 0 Å². The van der Waals surface area contributed by atoms with Crippen molar-refractivity contribution in [1.29, 1.82) is 0 Å². The third-order valence-corrected chi connectivity index (χ3v) is 6.92. The zero-order valence-electron chi connectivity index (χ0n) is 23.3. The van der Waals surface area contributed by atoms with E-state index in [4.69, 9.17) is 9.47 Å². The number of aromatic carboxylic acids is 1. The lowest BCUT2D eigenvalue weighted by Gasteiger charge is -2.13. The molecule has 0 aliphatic heterocycles. The monoisotopic (exact) mass is 633 g/mol. The highest BCUT2D eigenvalue weighted by atomic mass is 19.4. The number of benzene rings is 3. The zero-order valence-corrected chi connectivity index (χ0v) is 23.3. The molecule has 234 valence electrons. The van der Waals surface area contributed by atoms with Crippen LogP contribution < -0.4 is 4.74 Å². The van der Waals surface area contributed by atoms with Gasteiger partial charge in [-0.2, -0.15) is 13.2 Å². The van der Waals surface area contributed by atoms with Crippen LogP contribution in [-0.4, -0.2) is 39.3 Å². The summed E-state index contributed by atoms with van der Waals surface area (Å²) < 4.78 is 109. The lowest BCUT2D eigenvalue weighted by atomic mass is 10.0. The number of carboxylic acid groups (broad SMARTS) is 1. The van der Waals surface area contributed by atoms with Crippen molar-refractivity contribution >= 4 is 17.0 Å². The number of imidazole rings is 1. The number of hydrogen-bond acceptors (Lipinski definition) is 5. The van der Waals surface area contributed by atoms with Crippen LogP contribution in [0.25, 0.3) is 22.3 Å². The Labute approximate surface area is 250 Å². The summed E-state index contributed by atoms with van der Waals surface area (Å²) in [4.78, 5) is 20.0. The minimum absolute atomic E-state index is 0.0320. The summed E-state index contributed by atoms with van der Waals surface area (Å²) in [5.74, 6) is -6.44. The normalized spacial score (nSPS) is 11.7. The van der Waals surface area contributed by atoms with Gasteiger partial charge in [-0.25, -0.2) is 32.3 Å². The van der Waals surface area contributed by atoms with Crippen LogP contribution in [-0.2, 0) is 30.5 Å². The molecule has 0 aliphatic rings. The van der Waals surface area contributed by atoms with E-state index in [1.807, 2.05) is 0 Å². The molecule has 0 saturated heterocycles. The molecule has 45 heavy (non-hydrogen) atoms. The summed E-state index contributed by atoms with van der Waals surface area (Å²) in [7, 11) is 1.48. The highest BCUT2D eigenvalue weighted by Crippen LogP contribution is 2.33. The number of pyridine rings is 1. The second-order valence-corrected chi connectivity index (χ2v) is 9.83. The van der Waals surface area contributed by atoms with Gasteiger partial charge in [0.2, 0.25) is 5.88 Å². The van der Waals surface area contributed by atoms with Crippen LogP contribution in [0.5, 0.6) is 5.88 Å². The van der Waals surface area contributed by atoms with Crippen molar-refractivity contribution in [3.63, 3.8) is 0 Å². The molecule has 0 amide bonds. The van der Waals surface area contributed by atoms with E-state index in [1.54, 1.807) is 4.57 Å². The number of carboxylic acids is 1. The van der Waals surface area contributed by atoms with Crippen molar-refractivity contribution in [2.75, 3.05) is 13.7 Å². The number of nitrogens with zero attached hydrogens (tertiary/aromatic N) is 3. The average molecular weight is 634 g/mol. The van der Waals surface area contributed by atoms with Crippen molar-refractivity contribution < 1.29 is 50.1 Å². The van der Waals surface area contributed by atoms with Gasteiger partial charge in [0, 0.05) is 37.3 Å². The Hall–Kier alpha value is -4.98. The summed E-state index contributed by atoms with van der Waals surface area (Å²) in [6.45, 7) is -0.172. The number of carbonyl (C=O) groups is 1. The summed E-state index contributed by atoms with van der Waals surface area (Å²) in [6, 6.07) is 11.4. The lowest BCUT2D eigenvalue weighted by Crippen LogP contribution is -2.12. The maximum absolute atomic E-state index is 15.4. The maximum Gasteiger partial charge on any atom is 0.419 e. The van der Waals surface area contributed by atoms with Crippen LogP contribution in [0.3, 0.4) is 0 Å². The van der Waals surface area contributed by atoms with Crippen molar-refractivity contribution in [2.24, 2.45) is 0 Å². The minimum Gasteiger partial charge on any atom is -0.478 e. The van der Waals surface area contributed by atoms with Gasteiger partial charge in [0.15, 0.2) is 11.6 Å². The van der Waals surface area contributed by atoms with E-state index in [9.17, 15) is 31.9 Å². The van der Waals surface area contributed by atoms with Crippen LogP contribution in [0.4, 0.5) is 30.7 Å². The number of hydrogen-bond donors (Lipinski definition) is 1. The summed E-state index contributed by atoms with van der Waals surface area (Å²) in [5, 5.41) is 9.37. The molecule has 14 heteroatoms. The van der Waals surface area contributed by atoms with E-state index in [-0.39, 0.29) is 47.8 Å². The molecule has 0 fully saturated rings. The molecule has 2 aromatic heterocycles. The molecule has 1 N–H and O–H groups in total. The maximum atomic E-state index is 15.4. The molecule has 0 atom stereocenters. The SMILES string of the molecule is COCCn1c(Cc2cc(F)c(-c3cccc(OCc4ccc(C(F)(F)F)c(F)c4F)n3)cc2F)nc2ccc(C(=O)O)cc21. The first-order valence-corrected chi connectivity index (χ1v) is 13.2. The van der Waals surface area contributed by atoms with E-state index in [0.29, 0.717) is 22.9 Å². The van der Waals surface area contributed by atoms with Gasteiger partial charge in [0.1, 0.15) is 24.1 Å². The smallest absolute Gasteiger partial charge is 0.419 e. The highest BCUT2D eigenvalue weighted by Gasteiger charge is 2.36. The first-order chi connectivity index (χ1) is 21.4. The Bertz CT molecular complexity index is 1910.